The first-order valence-electron chi connectivity index (χ1n) is 10.7. The molecule has 0 aliphatic carbocycles. The first kappa shape index (κ1) is 23.3. The Balaban J connectivity index is 1.79. The van der Waals surface area contributed by atoms with Gasteiger partial charge in [-0.2, -0.15) is 0 Å². The highest BCUT2D eigenvalue weighted by atomic mass is 16.5. The monoisotopic (exact) mass is 434 g/mol. The van der Waals surface area contributed by atoms with Crippen LogP contribution < -0.4 is 0 Å². The van der Waals surface area contributed by atoms with Crippen molar-refractivity contribution in [2.75, 3.05) is 26.8 Å². The number of hydrogen-bond donors (Lipinski definition) is 0. The Kier molecular flexibility index (Phi) is 8.22. The number of aryl methyl sites for hydroxylation is 2. The standard InChI is InChI=1S/C26H30N2O4/c1-20-9-12-23(13-10-20)26(30)27(15-16-31-3)19-25(29)28(17-22-7-5-4-6-8-22)18-24-14-11-21(2)32-24/h4-14H,15-19H2,1-3H3. The van der Waals surface area contributed by atoms with Crippen LogP contribution in [-0.2, 0) is 22.6 Å². The summed E-state index contributed by atoms with van der Waals surface area (Å²) in [6.07, 6.45) is 0. The van der Waals surface area contributed by atoms with Crippen LogP contribution in [0.4, 0.5) is 0 Å². The van der Waals surface area contributed by atoms with Crippen molar-refractivity contribution in [1.82, 2.24) is 9.80 Å². The largest absolute Gasteiger partial charge is 0.464 e. The number of hydrogen-bond acceptors (Lipinski definition) is 4. The number of ether oxygens (including phenoxy) is 1. The second-order valence-corrected chi connectivity index (χ2v) is 7.83. The van der Waals surface area contributed by atoms with Crippen LogP contribution in [0, 0.1) is 13.8 Å². The highest BCUT2D eigenvalue weighted by Gasteiger charge is 2.23. The summed E-state index contributed by atoms with van der Waals surface area (Å²) in [5, 5.41) is 0. The Labute approximate surface area is 189 Å². The Morgan fingerprint density at radius 1 is 0.875 bits per heavy atom. The Morgan fingerprint density at radius 2 is 1.59 bits per heavy atom. The SMILES string of the molecule is COCCN(CC(=O)N(Cc1ccccc1)Cc1ccc(C)o1)C(=O)c1ccc(C)cc1. The average molecular weight is 435 g/mol. The van der Waals surface area contributed by atoms with Crippen LogP contribution in [0.1, 0.15) is 33.0 Å². The Bertz CT molecular complexity index is 1010. The highest BCUT2D eigenvalue weighted by molar-refractivity contribution is 5.96. The predicted octanol–water partition coefficient (Wildman–Crippen LogP) is 4.21. The van der Waals surface area contributed by atoms with Crippen molar-refractivity contribution in [3.05, 3.63) is 94.9 Å². The van der Waals surface area contributed by atoms with Gasteiger partial charge in [-0.1, -0.05) is 48.0 Å². The maximum Gasteiger partial charge on any atom is 0.254 e. The van der Waals surface area contributed by atoms with Crippen molar-refractivity contribution >= 4 is 11.8 Å². The van der Waals surface area contributed by atoms with E-state index in [-0.39, 0.29) is 18.4 Å². The summed E-state index contributed by atoms with van der Waals surface area (Å²) in [7, 11) is 1.58. The van der Waals surface area contributed by atoms with Gasteiger partial charge >= 0.3 is 0 Å². The van der Waals surface area contributed by atoms with Crippen molar-refractivity contribution in [1.29, 1.82) is 0 Å². The van der Waals surface area contributed by atoms with E-state index in [1.165, 1.54) is 0 Å². The van der Waals surface area contributed by atoms with Crippen molar-refractivity contribution in [2.24, 2.45) is 0 Å². The molecule has 0 bridgehead atoms. The normalized spacial score (nSPS) is 10.7. The maximum absolute atomic E-state index is 13.4. The van der Waals surface area contributed by atoms with Crippen LogP contribution in [0.25, 0.3) is 0 Å². The van der Waals surface area contributed by atoms with Crippen LogP contribution in [0.3, 0.4) is 0 Å². The lowest BCUT2D eigenvalue weighted by Gasteiger charge is -2.27. The third-order valence-electron chi connectivity index (χ3n) is 5.19. The van der Waals surface area contributed by atoms with E-state index in [0.29, 0.717) is 37.6 Å². The van der Waals surface area contributed by atoms with E-state index < -0.39 is 0 Å². The van der Waals surface area contributed by atoms with Crippen molar-refractivity contribution in [2.45, 2.75) is 26.9 Å². The lowest BCUT2D eigenvalue weighted by atomic mass is 10.1. The molecule has 3 aromatic rings. The molecule has 3 rings (SSSR count). The molecule has 32 heavy (non-hydrogen) atoms. The van der Waals surface area contributed by atoms with Gasteiger partial charge in [-0.25, -0.2) is 0 Å². The van der Waals surface area contributed by atoms with Gasteiger partial charge in [0.2, 0.25) is 5.91 Å². The number of methoxy groups -OCH3 is 1. The van der Waals surface area contributed by atoms with Gasteiger partial charge in [0, 0.05) is 25.8 Å². The molecule has 1 aromatic heterocycles. The molecule has 0 fully saturated rings. The third-order valence-corrected chi connectivity index (χ3v) is 5.19. The number of carbonyl (C=O) groups is 2. The topological polar surface area (TPSA) is 63.0 Å². The molecule has 0 saturated carbocycles. The smallest absolute Gasteiger partial charge is 0.254 e. The zero-order valence-corrected chi connectivity index (χ0v) is 18.9. The van der Waals surface area contributed by atoms with Crippen molar-refractivity contribution < 1.29 is 18.7 Å². The summed E-state index contributed by atoms with van der Waals surface area (Å²) in [6, 6.07) is 20.9. The molecular weight excluding hydrogens is 404 g/mol. The minimum atomic E-state index is -0.191. The Morgan fingerprint density at radius 3 is 2.22 bits per heavy atom. The minimum Gasteiger partial charge on any atom is -0.464 e. The molecular formula is C26H30N2O4. The lowest BCUT2D eigenvalue weighted by Crippen LogP contribution is -2.43. The minimum absolute atomic E-state index is 0.0391. The van der Waals surface area contributed by atoms with E-state index in [4.69, 9.17) is 9.15 Å². The van der Waals surface area contributed by atoms with E-state index in [1.54, 1.807) is 29.0 Å². The van der Waals surface area contributed by atoms with E-state index >= 15 is 0 Å². The van der Waals surface area contributed by atoms with Crippen LogP contribution in [0.5, 0.6) is 0 Å². The number of furan rings is 1. The van der Waals surface area contributed by atoms with Gasteiger partial charge in [0.05, 0.1) is 13.2 Å². The average Bonchev–Trinajstić information content (AvgIpc) is 3.21. The first-order chi connectivity index (χ1) is 15.5. The van der Waals surface area contributed by atoms with Crippen LogP contribution in [-0.4, -0.2) is 48.4 Å². The summed E-state index contributed by atoms with van der Waals surface area (Å²) in [5.74, 6) is 1.16. The van der Waals surface area contributed by atoms with Gasteiger partial charge in [-0.05, 0) is 43.7 Å². The second kappa shape index (κ2) is 11.3. The van der Waals surface area contributed by atoms with Gasteiger partial charge in [-0.3, -0.25) is 9.59 Å². The van der Waals surface area contributed by atoms with E-state index in [9.17, 15) is 9.59 Å². The summed E-state index contributed by atoms with van der Waals surface area (Å²) >= 11 is 0. The fourth-order valence-electron chi connectivity index (χ4n) is 3.39. The molecule has 168 valence electrons. The molecule has 0 spiro atoms. The van der Waals surface area contributed by atoms with Gasteiger partial charge in [0.15, 0.2) is 0 Å². The number of nitrogens with zero attached hydrogens (tertiary/aromatic N) is 2. The van der Waals surface area contributed by atoms with E-state index in [2.05, 4.69) is 0 Å². The van der Waals surface area contributed by atoms with Crippen LogP contribution in [0.2, 0.25) is 0 Å². The molecule has 0 aliphatic rings. The summed E-state index contributed by atoms with van der Waals surface area (Å²) in [6.45, 7) is 5.24. The van der Waals surface area contributed by atoms with Gasteiger partial charge in [0.1, 0.15) is 18.1 Å². The molecule has 2 amide bonds. The van der Waals surface area contributed by atoms with Gasteiger partial charge < -0.3 is 19.0 Å². The maximum atomic E-state index is 13.4. The summed E-state index contributed by atoms with van der Waals surface area (Å²) in [4.78, 5) is 29.8. The van der Waals surface area contributed by atoms with Crippen LogP contribution in [0.15, 0.2) is 71.1 Å². The molecule has 1 heterocycles. The number of benzene rings is 2. The van der Waals surface area contributed by atoms with Crippen molar-refractivity contribution in [3.8, 4) is 0 Å². The van der Waals surface area contributed by atoms with E-state index in [1.807, 2.05) is 68.4 Å². The molecule has 0 aliphatic heterocycles. The number of amides is 2. The highest BCUT2D eigenvalue weighted by Crippen LogP contribution is 2.15. The first-order valence-corrected chi connectivity index (χ1v) is 10.7. The molecule has 0 radical (unpaired) electrons. The molecule has 0 atom stereocenters. The summed E-state index contributed by atoms with van der Waals surface area (Å²) in [5.41, 5.74) is 2.64. The van der Waals surface area contributed by atoms with Crippen LogP contribution >= 0.6 is 0 Å². The third kappa shape index (κ3) is 6.56. The molecule has 0 saturated heterocycles. The fourth-order valence-corrected chi connectivity index (χ4v) is 3.39. The molecule has 2 aromatic carbocycles. The number of rotatable bonds is 10. The Hall–Kier alpha value is -3.38. The zero-order chi connectivity index (χ0) is 22.9. The fraction of sp³-hybridized carbons (Fsp3) is 0.308. The lowest BCUT2D eigenvalue weighted by molar-refractivity contribution is -0.133. The van der Waals surface area contributed by atoms with Gasteiger partial charge in [-0.15, -0.1) is 0 Å². The van der Waals surface area contributed by atoms with E-state index in [0.717, 1.165) is 16.9 Å². The van der Waals surface area contributed by atoms with Crippen molar-refractivity contribution in [3.63, 3.8) is 0 Å². The molecule has 0 unspecified atom stereocenters. The molecule has 0 N–H and O–H groups in total. The van der Waals surface area contributed by atoms with Gasteiger partial charge in [0.25, 0.3) is 5.91 Å². The molecule has 6 heteroatoms. The zero-order valence-electron chi connectivity index (χ0n) is 18.9. The number of carbonyl (C=O) groups excluding carboxylic acids is 2. The predicted molar refractivity (Wildman–Crippen MR) is 123 cm³/mol. The second-order valence-electron chi connectivity index (χ2n) is 7.83. The molecule has 6 nitrogen and oxygen atoms in total. The summed E-state index contributed by atoms with van der Waals surface area (Å²) < 4.78 is 10.9. The quantitative estimate of drug-likeness (QED) is 0.479.